The van der Waals surface area contributed by atoms with Crippen LogP contribution in [0.1, 0.15) is 58.3 Å². The molecule has 150 valence electrons. The number of benzene rings is 1. The number of anilines is 1. The molecule has 0 spiro atoms. The van der Waals surface area contributed by atoms with E-state index in [1.807, 2.05) is 30.3 Å². The first-order chi connectivity index (χ1) is 13.3. The monoisotopic (exact) mass is 403 g/mol. The highest BCUT2D eigenvalue weighted by Crippen LogP contribution is 2.34. The quantitative estimate of drug-likeness (QED) is 0.662. The van der Waals surface area contributed by atoms with Crippen molar-refractivity contribution in [2.45, 2.75) is 46.6 Å². The molecule has 1 amide bonds. The zero-order chi connectivity index (χ0) is 20.7. The molecule has 0 atom stereocenters. The minimum Gasteiger partial charge on any atom is -0.462 e. The number of aryl methyl sites for hydroxylation is 1. The van der Waals surface area contributed by atoms with Crippen LogP contribution in [0.15, 0.2) is 30.3 Å². The van der Waals surface area contributed by atoms with Gasteiger partial charge in [-0.15, -0.1) is 11.3 Å². The first-order valence-corrected chi connectivity index (χ1v) is 10.00. The second-order valence-electron chi connectivity index (χ2n) is 6.47. The van der Waals surface area contributed by atoms with E-state index in [0.29, 0.717) is 17.0 Å². The van der Waals surface area contributed by atoms with Crippen molar-refractivity contribution < 1.29 is 23.9 Å². The Hall–Kier alpha value is -2.67. The number of thiophene rings is 1. The maximum Gasteiger partial charge on any atom is 0.348 e. The Morgan fingerprint density at radius 2 is 1.79 bits per heavy atom. The van der Waals surface area contributed by atoms with Gasteiger partial charge in [0.05, 0.1) is 18.3 Å². The van der Waals surface area contributed by atoms with Gasteiger partial charge in [0.1, 0.15) is 9.88 Å². The summed E-state index contributed by atoms with van der Waals surface area (Å²) in [4.78, 5) is 37.4. The molecule has 28 heavy (non-hydrogen) atoms. The number of esters is 2. The Morgan fingerprint density at radius 1 is 1.11 bits per heavy atom. The van der Waals surface area contributed by atoms with Gasteiger partial charge in [0.25, 0.3) is 0 Å². The van der Waals surface area contributed by atoms with Gasteiger partial charge in [-0.25, -0.2) is 9.59 Å². The average Bonchev–Trinajstić information content (AvgIpc) is 2.96. The summed E-state index contributed by atoms with van der Waals surface area (Å²) < 4.78 is 10.3. The lowest BCUT2D eigenvalue weighted by Gasteiger charge is -2.07. The van der Waals surface area contributed by atoms with Crippen LogP contribution in [-0.4, -0.2) is 30.6 Å². The largest absolute Gasteiger partial charge is 0.462 e. The van der Waals surface area contributed by atoms with Crippen molar-refractivity contribution >= 4 is 34.2 Å². The number of hydrogen-bond acceptors (Lipinski definition) is 6. The molecule has 0 aliphatic heterocycles. The summed E-state index contributed by atoms with van der Waals surface area (Å²) in [6.07, 6.45) is 0.548. The summed E-state index contributed by atoms with van der Waals surface area (Å²) in [5, 5.41) is 3.07. The Bertz CT molecular complexity index is 842. The Balaban J connectivity index is 2.21. The SMILES string of the molecule is CCOC(=O)c1c(NC(=O)CCc2ccccc2)sc(C(=O)OC(C)C)c1C. The maximum atomic E-state index is 12.4. The van der Waals surface area contributed by atoms with Gasteiger partial charge < -0.3 is 14.8 Å². The third kappa shape index (κ3) is 5.66. The fourth-order valence-electron chi connectivity index (χ4n) is 2.60. The topological polar surface area (TPSA) is 81.7 Å². The van der Waals surface area contributed by atoms with Gasteiger partial charge in [0.2, 0.25) is 5.91 Å². The lowest BCUT2D eigenvalue weighted by Crippen LogP contribution is -2.15. The van der Waals surface area contributed by atoms with Crippen LogP contribution in [0, 0.1) is 6.92 Å². The molecular weight excluding hydrogens is 378 g/mol. The minimum atomic E-state index is -0.571. The molecule has 0 saturated carbocycles. The Morgan fingerprint density at radius 3 is 2.39 bits per heavy atom. The Labute approximate surface area is 168 Å². The summed E-state index contributed by atoms with van der Waals surface area (Å²) in [6, 6.07) is 9.66. The molecule has 2 aromatic rings. The molecule has 0 aliphatic carbocycles. The van der Waals surface area contributed by atoms with Crippen molar-refractivity contribution in [1.29, 1.82) is 0 Å². The van der Waals surface area contributed by atoms with E-state index in [0.717, 1.165) is 16.9 Å². The van der Waals surface area contributed by atoms with E-state index in [9.17, 15) is 14.4 Å². The van der Waals surface area contributed by atoms with Gasteiger partial charge in [0.15, 0.2) is 0 Å². The summed E-state index contributed by atoms with van der Waals surface area (Å²) >= 11 is 1.03. The van der Waals surface area contributed by atoms with Gasteiger partial charge >= 0.3 is 11.9 Å². The van der Waals surface area contributed by atoms with Gasteiger partial charge in [-0.2, -0.15) is 0 Å². The molecule has 1 aromatic carbocycles. The van der Waals surface area contributed by atoms with E-state index in [4.69, 9.17) is 9.47 Å². The highest BCUT2D eigenvalue weighted by molar-refractivity contribution is 7.18. The number of rotatable bonds is 8. The van der Waals surface area contributed by atoms with Crippen molar-refractivity contribution in [1.82, 2.24) is 0 Å². The summed E-state index contributed by atoms with van der Waals surface area (Å²) in [7, 11) is 0. The van der Waals surface area contributed by atoms with Gasteiger partial charge in [-0.05, 0) is 45.2 Å². The molecule has 1 aromatic heterocycles. The van der Waals surface area contributed by atoms with Crippen molar-refractivity contribution in [3.63, 3.8) is 0 Å². The first kappa shape index (κ1) is 21.6. The molecule has 2 rings (SSSR count). The lowest BCUT2D eigenvalue weighted by atomic mass is 10.1. The molecule has 7 heteroatoms. The summed E-state index contributed by atoms with van der Waals surface area (Å²) in [5.74, 6) is -1.33. The van der Waals surface area contributed by atoms with E-state index in [1.54, 1.807) is 27.7 Å². The number of amides is 1. The number of carbonyl (C=O) groups is 3. The molecule has 0 fully saturated rings. The second-order valence-corrected chi connectivity index (χ2v) is 7.49. The van der Waals surface area contributed by atoms with Crippen LogP contribution in [0.4, 0.5) is 5.00 Å². The highest BCUT2D eigenvalue weighted by Gasteiger charge is 2.27. The molecule has 1 N–H and O–H groups in total. The molecule has 0 bridgehead atoms. The van der Waals surface area contributed by atoms with Crippen molar-refractivity contribution in [2.24, 2.45) is 0 Å². The van der Waals surface area contributed by atoms with E-state index < -0.39 is 11.9 Å². The molecule has 0 radical (unpaired) electrons. The van der Waals surface area contributed by atoms with Crippen LogP contribution >= 0.6 is 11.3 Å². The third-order valence-electron chi connectivity index (χ3n) is 3.89. The van der Waals surface area contributed by atoms with Crippen LogP contribution in [0.25, 0.3) is 0 Å². The number of ether oxygens (including phenoxy) is 2. The lowest BCUT2D eigenvalue weighted by molar-refractivity contribution is -0.116. The molecule has 0 saturated heterocycles. The van der Waals surface area contributed by atoms with Crippen LogP contribution in [0.5, 0.6) is 0 Å². The molecule has 0 aliphatic rings. The summed E-state index contributed by atoms with van der Waals surface area (Å²) in [5.41, 5.74) is 1.70. The smallest absolute Gasteiger partial charge is 0.348 e. The predicted molar refractivity (Wildman–Crippen MR) is 109 cm³/mol. The van der Waals surface area contributed by atoms with Crippen molar-refractivity contribution in [3.05, 3.63) is 51.9 Å². The van der Waals surface area contributed by atoms with E-state index in [2.05, 4.69) is 5.32 Å². The third-order valence-corrected chi connectivity index (χ3v) is 5.08. The maximum absolute atomic E-state index is 12.4. The van der Waals surface area contributed by atoms with Gasteiger partial charge in [-0.3, -0.25) is 4.79 Å². The van der Waals surface area contributed by atoms with Crippen molar-refractivity contribution in [3.8, 4) is 0 Å². The van der Waals surface area contributed by atoms with Crippen LogP contribution in [-0.2, 0) is 20.7 Å². The van der Waals surface area contributed by atoms with Crippen LogP contribution in [0.2, 0.25) is 0 Å². The second kappa shape index (κ2) is 10.0. The minimum absolute atomic E-state index is 0.196. The zero-order valence-electron chi connectivity index (χ0n) is 16.5. The number of carbonyl (C=O) groups excluding carboxylic acids is 3. The fourth-order valence-corrected chi connectivity index (χ4v) is 3.70. The first-order valence-electron chi connectivity index (χ1n) is 9.18. The van der Waals surface area contributed by atoms with E-state index in [-0.39, 0.29) is 35.5 Å². The van der Waals surface area contributed by atoms with Crippen LogP contribution < -0.4 is 5.32 Å². The molecular formula is C21H25NO5S. The van der Waals surface area contributed by atoms with Gasteiger partial charge in [-0.1, -0.05) is 30.3 Å². The van der Waals surface area contributed by atoms with E-state index >= 15 is 0 Å². The number of hydrogen-bond donors (Lipinski definition) is 1. The Kier molecular flexibility index (Phi) is 7.75. The molecule has 1 heterocycles. The van der Waals surface area contributed by atoms with Crippen molar-refractivity contribution in [2.75, 3.05) is 11.9 Å². The average molecular weight is 404 g/mol. The molecule has 6 nitrogen and oxygen atoms in total. The standard InChI is InChI=1S/C21H25NO5S/c1-5-26-20(24)17-14(4)18(21(25)27-13(2)3)28-19(17)22-16(23)12-11-15-9-7-6-8-10-15/h6-10,13H,5,11-12H2,1-4H3,(H,22,23). The van der Waals surface area contributed by atoms with Gasteiger partial charge in [0, 0.05) is 6.42 Å². The normalized spacial score (nSPS) is 10.6. The predicted octanol–water partition coefficient (Wildman–Crippen LogP) is 4.37. The molecule has 0 unspecified atom stereocenters. The number of nitrogens with one attached hydrogen (secondary N) is 1. The fraction of sp³-hybridized carbons (Fsp3) is 0.381. The van der Waals surface area contributed by atoms with Crippen LogP contribution in [0.3, 0.4) is 0 Å². The highest BCUT2D eigenvalue weighted by atomic mass is 32.1. The van der Waals surface area contributed by atoms with E-state index in [1.165, 1.54) is 0 Å². The zero-order valence-corrected chi connectivity index (χ0v) is 17.4. The summed E-state index contributed by atoms with van der Waals surface area (Å²) in [6.45, 7) is 7.05.